The van der Waals surface area contributed by atoms with Gasteiger partial charge in [0.2, 0.25) is 0 Å². The lowest BCUT2D eigenvalue weighted by atomic mass is 10.1. The number of H-pyrrole nitrogens is 1. The van der Waals surface area contributed by atoms with Gasteiger partial charge in [-0.3, -0.25) is 9.69 Å². The Morgan fingerprint density at radius 1 is 0.929 bits per heavy atom. The number of aromatic amines is 1. The van der Waals surface area contributed by atoms with E-state index in [1.165, 1.54) is 5.56 Å². The van der Waals surface area contributed by atoms with Gasteiger partial charge in [-0.25, -0.2) is 4.68 Å². The van der Waals surface area contributed by atoms with Crippen molar-refractivity contribution >= 4 is 10.9 Å². The minimum atomic E-state index is -0.0935. The molecule has 218 valence electrons. The Morgan fingerprint density at radius 2 is 1.74 bits per heavy atom. The first-order chi connectivity index (χ1) is 20.5. The summed E-state index contributed by atoms with van der Waals surface area (Å²) in [6.45, 7) is 5.97. The highest BCUT2D eigenvalue weighted by molar-refractivity contribution is 5.79. The Kier molecular flexibility index (Phi) is 9.28. The molecule has 0 saturated carbocycles. The maximum Gasteiger partial charge on any atom is 0.252 e. The highest BCUT2D eigenvalue weighted by atomic mass is 16.5. The van der Waals surface area contributed by atoms with Crippen LogP contribution in [0.5, 0.6) is 11.5 Å². The van der Waals surface area contributed by atoms with Crippen LogP contribution < -0.4 is 15.0 Å². The maximum atomic E-state index is 13.3. The zero-order chi connectivity index (χ0) is 29.5. The molecule has 0 bridgehead atoms. The molecule has 3 aromatic carbocycles. The van der Waals surface area contributed by atoms with Crippen molar-refractivity contribution in [3.63, 3.8) is 0 Å². The normalized spacial score (nSPS) is 12.1. The summed E-state index contributed by atoms with van der Waals surface area (Å²) in [6.07, 6.45) is 2.35. The molecule has 0 aliphatic rings. The molecule has 0 saturated heterocycles. The van der Waals surface area contributed by atoms with Crippen LogP contribution in [0.4, 0.5) is 0 Å². The average Bonchev–Trinajstić information content (AvgIpc) is 3.48. The van der Waals surface area contributed by atoms with Gasteiger partial charge < -0.3 is 14.5 Å². The molecular formula is C33H38N6O3. The average molecular weight is 567 g/mol. The van der Waals surface area contributed by atoms with Crippen LogP contribution in [0.15, 0.2) is 77.6 Å². The van der Waals surface area contributed by atoms with Crippen molar-refractivity contribution in [2.75, 3.05) is 20.8 Å². The summed E-state index contributed by atoms with van der Waals surface area (Å²) in [5.41, 5.74) is 4.92. The Hall–Kier alpha value is -4.50. The van der Waals surface area contributed by atoms with Crippen LogP contribution in [0.2, 0.25) is 0 Å². The molecule has 0 radical (unpaired) electrons. The fourth-order valence-electron chi connectivity index (χ4n) is 5.44. The third kappa shape index (κ3) is 6.69. The third-order valence-corrected chi connectivity index (χ3v) is 7.73. The molecule has 1 unspecified atom stereocenters. The molecule has 1 atom stereocenters. The molecule has 9 heteroatoms. The molecular weight excluding hydrogens is 528 g/mol. The summed E-state index contributed by atoms with van der Waals surface area (Å²) < 4.78 is 12.9. The number of pyridine rings is 1. The second kappa shape index (κ2) is 13.4. The number of aryl methyl sites for hydroxylation is 3. The number of aromatic nitrogens is 5. The molecule has 1 N–H and O–H groups in total. The van der Waals surface area contributed by atoms with Crippen LogP contribution in [0.3, 0.4) is 0 Å². The molecule has 0 aliphatic heterocycles. The summed E-state index contributed by atoms with van der Waals surface area (Å²) in [5, 5.41) is 13.9. The third-order valence-electron chi connectivity index (χ3n) is 7.73. The summed E-state index contributed by atoms with van der Waals surface area (Å²) >= 11 is 0. The summed E-state index contributed by atoms with van der Waals surface area (Å²) in [5.74, 6) is 2.19. The molecule has 5 rings (SSSR count). The molecule has 42 heavy (non-hydrogen) atoms. The van der Waals surface area contributed by atoms with E-state index in [2.05, 4.69) is 62.7 Å². The van der Waals surface area contributed by atoms with Crippen LogP contribution in [-0.4, -0.2) is 50.9 Å². The van der Waals surface area contributed by atoms with Crippen molar-refractivity contribution in [2.45, 2.75) is 52.2 Å². The first-order valence-electron chi connectivity index (χ1n) is 14.4. The van der Waals surface area contributed by atoms with E-state index in [0.717, 1.165) is 47.1 Å². The van der Waals surface area contributed by atoms with Gasteiger partial charge in [-0.05, 0) is 83.0 Å². The van der Waals surface area contributed by atoms with Crippen LogP contribution in [-0.2, 0) is 25.9 Å². The van der Waals surface area contributed by atoms with Gasteiger partial charge in [-0.15, -0.1) is 5.10 Å². The fourth-order valence-corrected chi connectivity index (χ4v) is 5.44. The molecule has 2 aromatic heterocycles. The van der Waals surface area contributed by atoms with Gasteiger partial charge >= 0.3 is 0 Å². The SMILES string of the molecule is CCC(c1nnnn1CCc1ccccc1)N(CCc1ccc(OC)c(OC)c1)Cc1cc2ccc(C)cc2[nH]c1=O. The number of tetrazole rings is 1. The van der Waals surface area contributed by atoms with Crippen LogP contribution in [0.25, 0.3) is 10.9 Å². The fraction of sp³-hybridized carbons (Fsp3) is 0.333. The van der Waals surface area contributed by atoms with E-state index in [0.29, 0.717) is 36.7 Å². The first kappa shape index (κ1) is 29.0. The van der Waals surface area contributed by atoms with Crippen molar-refractivity contribution in [3.8, 4) is 11.5 Å². The summed E-state index contributed by atoms with van der Waals surface area (Å²) in [4.78, 5) is 18.7. The van der Waals surface area contributed by atoms with E-state index in [4.69, 9.17) is 9.47 Å². The molecule has 9 nitrogen and oxygen atoms in total. The minimum Gasteiger partial charge on any atom is -0.493 e. The standard InChI is InChI=1S/C33H38N6O3/c1-5-29(32-35-36-37-39(32)18-16-24-9-7-6-8-10-24)38(17-15-25-12-14-30(41-3)31(20-25)42-4)22-27-21-26-13-11-23(2)19-28(26)34-33(27)40/h6-14,19-21,29H,5,15-18,22H2,1-4H3,(H,34,40). The summed E-state index contributed by atoms with van der Waals surface area (Å²) in [7, 11) is 3.28. The zero-order valence-corrected chi connectivity index (χ0v) is 24.7. The number of rotatable bonds is 13. The zero-order valence-electron chi connectivity index (χ0n) is 24.7. The monoisotopic (exact) mass is 566 g/mol. The topological polar surface area (TPSA) is 98.2 Å². The lowest BCUT2D eigenvalue weighted by Gasteiger charge is -2.30. The summed E-state index contributed by atoms with van der Waals surface area (Å²) in [6, 6.07) is 24.4. The lowest BCUT2D eigenvalue weighted by Crippen LogP contribution is -2.34. The van der Waals surface area contributed by atoms with Gasteiger partial charge in [-0.2, -0.15) is 0 Å². The Balaban J connectivity index is 1.45. The Morgan fingerprint density at radius 3 is 2.50 bits per heavy atom. The molecule has 0 fully saturated rings. The first-order valence-corrected chi connectivity index (χ1v) is 14.4. The molecule has 5 aromatic rings. The number of benzene rings is 3. The van der Waals surface area contributed by atoms with E-state index >= 15 is 0 Å². The smallest absolute Gasteiger partial charge is 0.252 e. The number of ether oxygens (including phenoxy) is 2. The van der Waals surface area contributed by atoms with Gasteiger partial charge in [0, 0.05) is 30.7 Å². The largest absolute Gasteiger partial charge is 0.493 e. The number of nitrogens with one attached hydrogen (secondary N) is 1. The van der Waals surface area contributed by atoms with Crippen LogP contribution in [0.1, 0.15) is 47.5 Å². The van der Waals surface area contributed by atoms with Crippen LogP contribution in [0, 0.1) is 6.92 Å². The van der Waals surface area contributed by atoms with E-state index < -0.39 is 0 Å². The molecule has 0 amide bonds. The van der Waals surface area contributed by atoms with Gasteiger partial charge in [0.05, 0.1) is 20.3 Å². The molecule has 2 heterocycles. The predicted octanol–water partition coefficient (Wildman–Crippen LogP) is 5.28. The quantitative estimate of drug-likeness (QED) is 0.207. The van der Waals surface area contributed by atoms with Crippen LogP contribution >= 0.6 is 0 Å². The highest BCUT2D eigenvalue weighted by Crippen LogP contribution is 2.29. The second-order valence-electron chi connectivity index (χ2n) is 10.5. The highest BCUT2D eigenvalue weighted by Gasteiger charge is 2.26. The predicted molar refractivity (Wildman–Crippen MR) is 164 cm³/mol. The van der Waals surface area contributed by atoms with E-state index in [1.54, 1.807) is 14.2 Å². The van der Waals surface area contributed by atoms with Gasteiger partial charge in [0.1, 0.15) is 0 Å². The van der Waals surface area contributed by atoms with E-state index in [-0.39, 0.29) is 11.6 Å². The van der Waals surface area contributed by atoms with Crippen molar-refractivity contribution in [2.24, 2.45) is 0 Å². The molecule has 0 spiro atoms. The number of hydrogen-bond donors (Lipinski definition) is 1. The van der Waals surface area contributed by atoms with E-state index in [9.17, 15) is 4.79 Å². The number of nitrogens with zero attached hydrogens (tertiary/aromatic N) is 5. The van der Waals surface area contributed by atoms with E-state index in [1.807, 2.05) is 54.1 Å². The number of methoxy groups -OCH3 is 2. The minimum absolute atomic E-state index is 0.0808. The van der Waals surface area contributed by atoms with Crippen molar-refractivity contribution < 1.29 is 9.47 Å². The van der Waals surface area contributed by atoms with Gasteiger partial charge in [0.25, 0.3) is 5.56 Å². The second-order valence-corrected chi connectivity index (χ2v) is 10.5. The Labute approximate surface area is 246 Å². The van der Waals surface area contributed by atoms with Gasteiger partial charge in [0.15, 0.2) is 17.3 Å². The van der Waals surface area contributed by atoms with Crippen molar-refractivity contribution in [3.05, 3.63) is 111 Å². The Bertz CT molecular complexity index is 1680. The number of hydrogen-bond acceptors (Lipinski definition) is 7. The van der Waals surface area contributed by atoms with Crippen molar-refractivity contribution in [1.29, 1.82) is 0 Å². The van der Waals surface area contributed by atoms with Crippen molar-refractivity contribution in [1.82, 2.24) is 30.1 Å². The molecule has 0 aliphatic carbocycles. The van der Waals surface area contributed by atoms with Gasteiger partial charge in [-0.1, -0.05) is 55.5 Å². The maximum absolute atomic E-state index is 13.3. The lowest BCUT2D eigenvalue weighted by molar-refractivity contribution is 0.171. The number of fused-ring (bicyclic) bond motifs is 1.